The van der Waals surface area contributed by atoms with Crippen molar-refractivity contribution in [3.8, 4) is 17.0 Å². The number of hydrogen-bond acceptors (Lipinski definition) is 2. The Bertz CT molecular complexity index is 684. The van der Waals surface area contributed by atoms with Crippen molar-refractivity contribution in [1.29, 1.82) is 0 Å². The minimum Gasteiger partial charge on any atom is -0.491 e. The van der Waals surface area contributed by atoms with Gasteiger partial charge in [0, 0.05) is 11.8 Å². The first kappa shape index (κ1) is 23.4. The molecule has 0 spiro atoms. The van der Waals surface area contributed by atoms with E-state index in [0.29, 0.717) is 12.4 Å². The Hall–Kier alpha value is -1.90. The molecule has 160 valence electrons. The predicted octanol–water partition coefficient (Wildman–Crippen LogP) is 8.14. The van der Waals surface area contributed by atoms with Crippen molar-refractivity contribution >= 4 is 0 Å². The molecular weight excluding hydrogens is 361 g/mol. The highest BCUT2D eigenvalue weighted by molar-refractivity contribution is 5.60. The Kier molecular flexibility index (Phi) is 11.4. The first-order valence-electron chi connectivity index (χ1n) is 11.6. The van der Waals surface area contributed by atoms with Crippen LogP contribution in [0.2, 0.25) is 0 Å². The van der Waals surface area contributed by atoms with Gasteiger partial charge < -0.3 is 4.74 Å². The minimum absolute atomic E-state index is 0.310. The lowest BCUT2D eigenvalue weighted by Gasteiger charge is -2.09. The maximum absolute atomic E-state index is 14.4. The molecule has 0 saturated heterocycles. The quantitative estimate of drug-likeness (QED) is 0.282. The van der Waals surface area contributed by atoms with E-state index in [0.717, 1.165) is 30.5 Å². The average molecular weight is 400 g/mol. The van der Waals surface area contributed by atoms with Crippen molar-refractivity contribution < 1.29 is 9.13 Å². The molecule has 0 radical (unpaired) electrons. The summed E-state index contributed by atoms with van der Waals surface area (Å²) in [7, 11) is 0. The van der Waals surface area contributed by atoms with Gasteiger partial charge in [-0.3, -0.25) is 4.98 Å². The van der Waals surface area contributed by atoms with Crippen LogP contribution in [0.1, 0.15) is 90.0 Å². The summed E-state index contributed by atoms with van der Waals surface area (Å²) >= 11 is 0. The van der Waals surface area contributed by atoms with Crippen molar-refractivity contribution in [2.45, 2.75) is 90.9 Å². The largest absolute Gasteiger partial charge is 0.491 e. The first-order chi connectivity index (χ1) is 14.2. The Labute approximate surface area is 176 Å². The molecule has 2 nitrogen and oxygen atoms in total. The first-order valence-corrected chi connectivity index (χ1v) is 11.6. The zero-order chi connectivity index (χ0) is 20.7. The van der Waals surface area contributed by atoms with Crippen LogP contribution in [0.3, 0.4) is 0 Å². The van der Waals surface area contributed by atoms with Crippen LogP contribution in [0.25, 0.3) is 11.3 Å². The van der Waals surface area contributed by atoms with Crippen LogP contribution in [0, 0.1) is 5.82 Å². The Morgan fingerprint density at radius 2 is 1.48 bits per heavy atom. The molecule has 29 heavy (non-hydrogen) atoms. The molecule has 1 heterocycles. The van der Waals surface area contributed by atoms with Crippen molar-refractivity contribution in [2.24, 2.45) is 0 Å². The normalized spacial score (nSPS) is 11.0. The van der Waals surface area contributed by atoms with Gasteiger partial charge in [0.25, 0.3) is 0 Å². The number of halogens is 1. The second-order valence-corrected chi connectivity index (χ2v) is 7.98. The Balaban J connectivity index is 1.78. The maximum Gasteiger partial charge on any atom is 0.165 e. The molecule has 0 aliphatic heterocycles. The monoisotopic (exact) mass is 399 g/mol. The zero-order valence-corrected chi connectivity index (χ0v) is 18.4. The number of unbranched alkanes of at least 4 members (excludes halogenated alkanes) is 9. The van der Waals surface area contributed by atoms with E-state index in [2.05, 4.69) is 24.9 Å². The fourth-order valence-corrected chi connectivity index (χ4v) is 3.52. The molecule has 0 unspecified atom stereocenters. The lowest BCUT2D eigenvalue weighted by Crippen LogP contribution is -1.99. The zero-order valence-electron chi connectivity index (χ0n) is 18.4. The molecule has 2 aromatic rings. The number of aryl methyl sites for hydroxylation is 1. The van der Waals surface area contributed by atoms with Gasteiger partial charge >= 0.3 is 0 Å². The number of ether oxygens (including phenoxy) is 1. The molecule has 1 aromatic heterocycles. The van der Waals surface area contributed by atoms with Crippen LogP contribution >= 0.6 is 0 Å². The molecule has 2 rings (SSSR count). The molecule has 0 bridgehead atoms. The predicted molar refractivity (Wildman–Crippen MR) is 121 cm³/mol. The van der Waals surface area contributed by atoms with Gasteiger partial charge in [-0.2, -0.15) is 0 Å². The van der Waals surface area contributed by atoms with Gasteiger partial charge in [-0.15, -0.1) is 0 Å². The van der Waals surface area contributed by atoms with Gasteiger partial charge in [0.1, 0.15) is 0 Å². The molecule has 0 aliphatic rings. The Morgan fingerprint density at radius 3 is 2.14 bits per heavy atom. The third-order valence-electron chi connectivity index (χ3n) is 5.38. The molecular formula is C26H38FNO. The van der Waals surface area contributed by atoms with E-state index in [1.165, 1.54) is 69.4 Å². The third kappa shape index (κ3) is 8.97. The van der Waals surface area contributed by atoms with Crippen molar-refractivity contribution in [1.82, 2.24) is 4.98 Å². The van der Waals surface area contributed by atoms with Gasteiger partial charge in [-0.25, -0.2) is 4.39 Å². The highest BCUT2D eigenvalue weighted by Crippen LogP contribution is 2.25. The van der Waals surface area contributed by atoms with Gasteiger partial charge in [0.2, 0.25) is 0 Å². The van der Waals surface area contributed by atoms with Crippen LogP contribution in [0.4, 0.5) is 4.39 Å². The SMILES string of the molecule is CCCCCCCCOc1ccc(-c2ccc(CCCCCCC)cn2)cc1F. The lowest BCUT2D eigenvalue weighted by atomic mass is 10.1. The molecule has 0 aliphatic carbocycles. The third-order valence-corrected chi connectivity index (χ3v) is 5.38. The minimum atomic E-state index is -0.310. The summed E-state index contributed by atoms with van der Waals surface area (Å²) in [6.45, 7) is 5.03. The van der Waals surface area contributed by atoms with E-state index < -0.39 is 0 Å². The van der Waals surface area contributed by atoms with Gasteiger partial charge in [-0.1, -0.05) is 77.7 Å². The second-order valence-electron chi connectivity index (χ2n) is 7.98. The molecule has 0 atom stereocenters. The van der Waals surface area contributed by atoms with E-state index in [1.54, 1.807) is 6.07 Å². The summed E-state index contributed by atoms with van der Waals surface area (Å²) in [5, 5.41) is 0. The number of hydrogen-bond donors (Lipinski definition) is 0. The fourth-order valence-electron chi connectivity index (χ4n) is 3.52. The molecule has 0 fully saturated rings. The number of pyridine rings is 1. The van der Waals surface area contributed by atoms with E-state index in [9.17, 15) is 4.39 Å². The second kappa shape index (κ2) is 14.1. The molecule has 3 heteroatoms. The summed E-state index contributed by atoms with van der Waals surface area (Å²) in [6.07, 6.45) is 16.6. The summed E-state index contributed by atoms with van der Waals surface area (Å²) in [5.41, 5.74) is 2.86. The van der Waals surface area contributed by atoms with Crippen LogP contribution in [0.15, 0.2) is 36.5 Å². The average Bonchev–Trinajstić information content (AvgIpc) is 2.74. The molecule has 0 N–H and O–H groups in total. The summed E-state index contributed by atoms with van der Waals surface area (Å²) in [4.78, 5) is 4.54. The number of rotatable bonds is 15. The number of aromatic nitrogens is 1. The summed E-state index contributed by atoms with van der Waals surface area (Å²) in [6, 6.07) is 9.26. The van der Waals surface area contributed by atoms with E-state index in [4.69, 9.17) is 4.74 Å². The number of benzene rings is 1. The van der Waals surface area contributed by atoms with Crippen LogP contribution < -0.4 is 4.74 Å². The molecule has 0 saturated carbocycles. The number of nitrogens with zero attached hydrogens (tertiary/aromatic N) is 1. The fraction of sp³-hybridized carbons (Fsp3) is 0.577. The van der Waals surface area contributed by atoms with Crippen molar-refractivity contribution in [3.63, 3.8) is 0 Å². The maximum atomic E-state index is 14.4. The Morgan fingerprint density at radius 1 is 0.793 bits per heavy atom. The highest BCUT2D eigenvalue weighted by Gasteiger charge is 2.07. The topological polar surface area (TPSA) is 22.1 Å². The van der Waals surface area contributed by atoms with E-state index in [1.807, 2.05) is 18.3 Å². The van der Waals surface area contributed by atoms with Crippen molar-refractivity contribution in [2.75, 3.05) is 6.61 Å². The van der Waals surface area contributed by atoms with E-state index in [-0.39, 0.29) is 5.82 Å². The van der Waals surface area contributed by atoms with Gasteiger partial charge in [0.15, 0.2) is 11.6 Å². The van der Waals surface area contributed by atoms with Crippen molar-refractivity contribution in [3.05, 3.63) is 47.9 Å². The van der Waals surface area contributed by atoms with Crippen LogP contribution in [0.5, 0.6) is 5.75 Å². The summed E-state index contributed by atoms with van der Waals surface area (Å²) in [5.74, 6) is 0.0290. The lowest BCUT2D eigenvalue weighted by molar-refractivity contribution is 0.290. The van der Waals surface area contributed by atoms with Crippen LogP contribution in [-0.2, 0) is 6.42 Å². The molecule has 0 amide bonds. The van der Waals surface area contributed by atoms with Gasteiger partial charge in [0.05, 0.1) is 12.3 Å². The van der Waals surface area contributed by atoms with Crippen LogP contribution in [-0.4, -0.2) is 11.6 Å². The highest BCUT2D eigenvalue weighted by atomic mass is 19.1. The standard InChI is InChI=1S/C26H38FNO/c1-3-5-7-9-11-13-19-29-26-18-16-23(20-24(26)27)25-17-15-22(21-28-25)14-12-10-8-6-4-2/h15-18,20-21H,3-14,19H2,1-2H3. The smallest absolute Gasteiger partial charge is 0.165 e. The molecule has 1 aromatic carbocycles. The van der Waals surface area contributed by atoms with Gasteiger partial charge in [-0.05, 0) is 49.1 Å². The van der Waals surface area contributed by atoms with E-state index >= 15 is 0 Å². The summed E-state index contributed by atoms with van der Waals surface area (Å²) < 4.78 is 20.0.